The van der Waals surface area contributed by atoms with Crippen LogP contribution in [0.3, 0.4) is 0 Å². The highest BCUT2D eigenvalue weighted by Gasteiger charge is 2.37. The van der Waals surface area contributed by atoms with Crippen LogP contribution in [0.25, 0.3) is 0 Å². The summed E-state index contributed by atoms with van der Waals surface area (Å²) in [7, 11) is -3.53. The van der Waals surface area contributed by atoms with Crippen LogP contribution >= 0.6 is 0 Å². The number of carbonyl (C=O) groups is 1. The summed E-state index contributed by atoms with van der Waals surface area (Å²) < 4.78 is 27.1. The second-order valence-electron chi connectivity index (χ2n) is 7.83. The summed E-state index contributed by atoms with van der Waals surface area (Å²) >= 11 is 0. The third-order valence-electron chi connectivity index (χ3n) is 5.96. The molecule has 3 atom stereocenters. The summed E-state index contributed by atoms with van der Waals surface area (Å²) in [6.07, 6.45) is 5.85. The minimum Gasteiger partial charge on any atom is -0.353 e. The molecule has 7 heteroatoms. The van der Waals surface area contributed by atoms with Gasteiger partial charge in [-0.05, 0) is 50.7 Å². The van der Waals surface area contributed by atoms with Crippen molar-refractivity contribution in [3.63, 3.8) is 0 Å². The van der Waals surface area contributed by atoms with E-state index in [1.807, 2.05) is 0 Å². The number of sulfonamides is 1. The number of nitrogens with zero attached hydrogens (tertiary/aromatic N) is 1. The normalized spacial score (nSPS) is 32.3. The van der Waals surface area contributed by atoms with Crippen LogP contribution in [-0.4, -0.2) is 49.8 Å². The lowest BCUT2D eigenvalue weighted by Gasteiger charge is -2.34. The molecule has 1 aromatic carbocycles. The quantitative estimate of drug-likeness (QED) is 0.833. The highest BCUT2D eigenvalue weighted by molar-refractivity contribution is 7.89. The molecule has 4 rings (SSSR count). The predicted molar refractivity (Wildman–Crippen MR) is 99.0 cm³/mol. The fraction of sp³-hybridized carbons (Fsp3) is 0.632. The average Bonchev–Trinajstić information content (AvgIpc) is 3.01. The molecule has 0 aliphatic carbocycles. The van der Waals surface area contributed by atoms with Gasteiger partial charge in [0.2, 0.25) is 15.9 Å². The standard InChI is InChI=1S/C19H27N3O3S/c23-19(21-17-11-15-8-9-16(12-17)20-15)14-5-4-10-22(13-14)26(24,25)18-6-2-1-3-7-18/h1-3,6-7,14-17,20H,4-5,8-13H2,(H,21,23). The van der Waals surface area contributed by atoms with Gasteiger partial charge in [-0.2, -0.15) is 4.31 Å². The van der Waals surface area contributed by atoms with Crippen molar-refractivity contribution in [1.82, 2.24) is 14.9 Å². The fourth-order valence-corrected chi connectivity index (χ4v) is 6.16. The summed E-state index contributed by atoms with van der Waals surface area (Å²) in [5.74, 6) is -0.237. The van der Waals surface area contributed by atoms with Crippen molar-refractivity contribution in [1.29, 1.82) is 0 Å². The minimum absolute atomic E-state index is 0.0178. The Balaban J connectivity index is 1.39. The maximum absolute atomic E-state index is 12.8. The van der Waals surface area contributed by atoms with E-state index < -0.39 is 10.0 Å². The van der Waals surface area contributed by atoms with Crippen LogP contribution in [0.15, 0.2) is 35.2 Å². The zero-order valence-electron chi connectivity index (χ0n) is 14.9. The number of nitrogens with one attached hydrogen (secondary N) is 2. The number of carbonyl (C=O) groups excluding carboxylic acids is 1. The van der Waals surface area contributed by atoms with E-state index in [9.17, 15) is 13.2 Å². The van der Waals surface area contributed by atoms with Gasteiger partial charge in [0.05, 0.1) is 10.8 Å². The van der Waals surface area contributed by atoms with Crippen molar-refractivity contribution in [2.45, 2.75) is 61.5 Å². The van der Waals surface area contributed by atoms with E-state index in [0.717, 1.165) is 25.7 Å². The minimum atomic E-state index is -3.53. The summed E-state index contributed by atoms with van der Waals surface area (Å²) in [4.78, 5) is 13.1. The molecule has 0 spiro atoms. The van der Waals surface area contributed by atoms with Gasteiger partial charge in [0.15, 0.2) is 0 Å². The molecule has 3 saturated heterocycles. The van der Waals surface area contributed by atoms with E-state index in [1.54, 1.807) is 30.3 Å². The smallest absolute Gasteiger partial charge is 0.243 e. The van der Waals surface area contributed by atoms with Gasteiger partial charge in [0.25, 0.3) is 0 Å². The third kappa shape index (κ3) is 3.66. The van der Waals surface area contributed by atoms with Crippen LogP contribution in [0.5, 0.6) is 0 Å². The zero-order valence-corrected chi connectivity index (χ0v) is 15.7. The van der Waals surface area contributed by atoms with Gasteiger partial charge in [-0.1, -0.05) is 18.2 Å². The van der Waals surface area contributed by atoms with Gasteiger partial charge in [0.1, 0.15) is 0 Å². The van der Waals surface area contributed by atoms with Crippen LogP contribution in [0.1, 0.15) is 38.5 Å². The molecule has 3 unspecified atom stereocenters. The van der Waals surface area contributed by atoms with Crippen molar-refractivity contribution in [2.24, 2.45) is 5.92 Å². The van der Waals surface area contributed by atoms with Crippen LogP contribution in [0.4, 0.5) is 0 Å². The lowest BCUT2D eigenvalue weighted by molar-refractivity contribution is -0.127. The molecule has 2 bridgehead atoms. The average molecular weight is 378 g/mol. The summed E-state index contributed by atoms with van der Waals surface area (Å²) in [6, 6.07) is 9.77. The van der Waals surface area contributed by atoms with Crippen LogP contribution < -0.4 is 10.6 Å². The number of piperidine rings is 2. The summed E-state index contributed by atoms with van der Waals surface area (Å²) in [6.45, 7) is 0.763. The van der Waals surface area contributed by atoms with Crippen molar-refractivity contribution < 1.29 is 13.2 Å². The van der Waals surface area contributed by atoms with Crippen LogP contribution in [0.2, 0.25) is 0 Å². The molecule has 1 aromatic rings. The van der Waals surface area contributed by atoms with E-state index in [2.05, 4.69) is 10.6 Å². The molecule has 0 radical (unpaired) electrons. The van der Waals surface area contributed by atoms with E-state index in [1.165, 1.54) is 17.1 Å². The topological polar surface area (TPSA) is 78.5 Å². The van der Waals surface area contributed by atoms with E-state index in [-0.39, 0.29) is 24.4 Å². The molecule has 3 heterocycles. The van der Waals surface area contributed by atoms with E-state index >= 15 is 0 Å². The first-order chi connectivity index (χ1) is 12.5. The first-order valence-corrected chi connectivity index (χ1v) is 11.1. The van der Waals surface area contributed by atoms with Crippen LogP contribution in [0, 0.1) is 5.92 Å². The third-order valence-corrected chi connectivity index (χ3v) is 7.83. The molecule has 0 aromatic heterocycles. The van der Waals surface area contributed by atoms with E-state index in [0.29, 0.717) is 23.5 Å². The van der Waals surface area contributed by atoms with Gasteiger partial charge >= 0.3 is 0 Å². The molecule has 26 heavy (non-hydrogen) atoms. The van der Waals surface area contributed by atoms with Gasteiger partial charge < -0.3 is 10.6 Å². The molecule has 6 nitrogen and oxygen atoms in total. The largest absolute Gasteiger partial charge is 0.353 e. The lowest BCUT2D eigenvalue weighted by atomic mass is 9.95. The highest BCUT2D eigenvalue weighted by atomic mass is 32.2. The SMILES string of the molecule is O=C(NC1CC2CCC(C1)N2)C1CCCN(S(=O)(=O)c2ccccc2)C1. The van der Waals surface area contributed by atoms with Crippen molar-refractivity contribution in [3.8, 4) is 0 Å². The maximum Gasteiger partial charge on any atom is 0.243 e. The molecule has 3 fully saturated rings. The van der Waals surface area contributed by atoms with Gasteiger partial charge in [0, 0.05) is 31.2 Å². The Labute approximate surface area is 155 Å². The van der Waals surface area contributed by atoms with Crippen LogP contribution in [-0.2, 0) is 14.8 Å². The molecule has 3 aliphatic rings. The number of rotatable bonds is 4. The molecular weight excluding hydrogens is 350 g/mol. The molecule has 3 aliphatic heterocycles. The molecule has 1 amide bonds. The highest BCUT2D eigenvalue weighted by Crippen LogP contribution is 2.28. The molecular formula is C19H27N3O3S. The van der Waals surface area contributed by atoms with Crippen molar-refractivity contribution >= 4 is 15.9 Å². The Hall–Kier alpha value is -1.44. The van der Waals surface area contributed by atoms with Crippen molar-refractivity contribution in [2.75, 3.05) is 13.1 Å². The first kappa shape index (κ1) is 17.9. The first-order valence-electron chi connectivity index (χ1n) is 9.64. The monoisotopic (exact) mass is 377 g/mol. The zero-order chi connectivity index (χ0) is 18.1. The molecule has 2 N–H and O–H groups in total. The Bertz CT molecular complexity index is 741. The lowest BCUT2D eigenvalue weighted by Crippen LogP contribution is -2.51. The summed E-state index contributed by atoms with van der Waals surface area (Å²) in [5, 5.41) is 6.78. The Morgan fingerprint density at radius 1 is 1.08 bits per heavy atom. The maximum atomic E-state index is 12.8. The Morgan fingerprint density at radius 3 is 2.46 bits per heavy atom. The van der Waals surface area contributed by atoms with E-state index in [4.69, 9.17) is 0 Å². The predicted octanol–water partition coefficient (Wildman–Crippen LogP) is 1.49. The number of benzene rings is 1. The summed E-state index contributed by atoms with van der Waals surface area (Å²) in [5.41, 5.74) is 0. The number of hydrogen-bond acceptors (Lipinski definition) is 4. The van der Waals surface area contributed by atoms with Gasteiger partial charge in [-0.3, -0.25) is 4.79 Å². The second-order valence-corrected chi connectivity index (χ2v) is 9.77. The Morgan fingerprint density at radius 2 is 1.77 bits per heavy atom. The number of fused-ring (bicyclic) bond motifs is 2. The second kappa shape index (κ2) is 7.29. The number of hydrogen-bond donors (Lipinski definition) is 2. The van der Waals surface area contributed by atoms with Crippen molar-refractivity contribution in [3.05, 3.63) is 30.3 Å². The fourth-order valence-electron chi connectivity index (χ4n) is 4.61. The van der Waals surface area contributed by atoms with Gasteiger partial charge in [-0.15, -0.1) is 0 Å². The molecule has 0 saturated carbocycles. The molecule has 142 valence electrons. The van der Waals surface area contributed by atoms with Gasteiger partial charge in [-0.25, -0.2) is 8.42 Å². The number of amides is 1. The Kier molecular flexibility index (Phi) is 5.03.